The van der Waals surface area contributed by atoms with Crippen molar-refractivity contribution in [3.05, 3.63) is 12.2 Å². The van der Waals surface area contributed by atoms with E-state index >= 15 is 0 Å². The molecule has 3 spiro atoms. The number of fused-ring (bicyclic) bond motifs is 4. The molecule has 10 nitrogen and oxygen atoms in total. The Morgan fingerprint density at radius 3 is 2.63 bits per heavy atom. The summed E-state index contributed by atoms with van der Waals surface area (Å²) in [5.41, 5.74) is -8.23. The molecule has 0 aromatic heterocycles. The third-order valence-electron chi connectivity index (χ3n) is 12.9. The molecule has 0 radical (unpaired) electrons. The highest BCUT2D eigenvalue weighted by Gasteiger charge is 2.94. The Kier molecular flexibility index (Phi) is 3.47. The Balaban J connectivity index is 1.34. The Labute approximate surface area is 218 Å². The number of aliphatic hydroxyl groups is 1. The fourth-order valence-corrected chi connectivity index (χ4v) is 10.9. The number of esters is 2. The molecule has 9 aliphatic rings. The van der Waals surface area contributed by atoms with Crippen LogP contribution in [-0.2, 0) is 42.9 Å². The first-order chi connectivity index (χ1) is 17.9. The quantitative estimate of drug-likeness (QED) is 0.356. The lowest BCUT2D eigenvalue weighted by Crippen LogP contribution is -2.79. The largest absolute Gasteiger partial charge is 0.458 e. The fraction of sp³-hybridized carbons (Fsp3) is 0.786. The molecule has 10 heteroatoms. The van der Waals surface area contributed by atoms with Crippen LogP contribution in [0.5, 0.6) is 0 Å². The topological polar surface area (TPSA) is 138 Å². The molecule has 5 bridgehead atoms. The molecule has 13 atom stereocenters. The minimum atomic E-state index is -2.19. The summed E-state index contributed by atoms with van der Waals surface area (Å²) in [5, 5.41) is 12.4. The zero-order chi connectivity index (χ0) is 26.5. The number of ketones is 2. The van der Waals surface area contributed by atoms with Gasteiger partial charge in [-0.15, -0.1) is 0 Å². The molecule has 0 amide bonds. The monoisotopic (exact) mass is 526 g/mol. The van der Waals surface area contributed by atoms with Crippen LogP contribution >= 0.6 is 0 Å². The van der Waals surface area contributed by atoms with Crippen molar-refractivity contribution in [3.63, 3.8) is 0 Å². The van der Waals surface area contributed by atoms with Crippen LogP contribution in [0.2, 0.25) is 0 Å². The van der Waals surface area contributed by atoms with E-state index in [-0.39, 0.29) is 43.5 Å². The molecular weight excluding hydrogens is 496 g/mol. The Morgan fingerprint density at radius 2 is 1.84 bits per heavy atom. The number of allylic oxidation sites excluding steroid dienone is 1. The molecule has 0 unspecified atom stereocenters. The van der Waals surface area contributed by atoms with Crippen molar-refractivity contribution in [1.82, 2.24) is 0 Å². The molecule has 8 fully saturated rings. The number of ether oxygens (including phenoxy) is 5. The minimum Gasteiger partial charge on any atom is -0.458 e. The minimum absolute atomic E-state index is 0.0583. The van der Waals surface area contributed by atoms with Gasteiger partial charge in [0.1, 0.15) is 11.7 Å². The predicted molar refractivity (Wildman–Crippen MR) is 122 cm³/mol. The van der Waals surface area contributed by atoms with Gasteiger partial charge < -0.3 is 28.8 Å². The van der Waals surface area contributed by atoms with E-state index in [1.807, 2.05) is 19.9 Å². The van der Waals surface area contributed by atoms with E-state index in [4.69, 9.17) is 23.7 Å². The first-order valence-corrected chi connectivity index (χ1v) is 13.8. The van der Waals surface area contributed by atoms with E-state index in [0.717, 1.165) is 0 Å². The molecule has 6 saturated heterocycles. The molecule has 0 aromatic rings. The number of carbonyl (C=O) groups is 4. The maximum absolute atomic E-state index is 14.9. The van der Waals surface area contributed by atoms with Crippen LogP contribution in [0, 0.1) is 34.5 Å². The summed E-state index contributed by atoms with van der Waals surface area (Å²) >= 11 is 0. The lowest BCUT2D eigenvalue weighted by Gasteiger charge is -2.63. The third-order valence-corrected chi connectivity index (χ3v) is 12.9. The van der Waals surface area contributed by atoms with Crippen molar-refractivity contribution in [2.45, 2.75) is 93.3 Å². The number of carbonyl (C=O) groups excluding carboxylic acids is 4. The maximum atomic E-state index is 14.9. The first kappa shape index (κ1) is 22.7. The molecule has 3 aliphatic carbocycles. The lowest BCUT2D eigenvalue weighted by molar-refractivity contribution is -0.375. The van der Waals surface area contributed by atoms with Crippen LogP contribution in [0.4, 0.5) is 0 Å². The van der Waals surface area contributed by atoms with Crippen molar-refractivity contribution in [2.75, 3.05) is 6.61 Å². The van der Waals surface area contributed by atoms with Crippen LogP contribution in [0.1, 0.15) is 52.9 Å². The Morgan fingerprint density at radius 1 is 1.05 bits per heavy atom. The van der Waals surface area contributed by atoms with Crippen LogP contribution in [0.3, 0.4) is 0 Å². The highest BCUT2D eigenvalue weighted by atomic mass is 16.8. The van der Waals surface area contributed by atoms with Gasteiger partial charge in [-0.3, -0.25) is 14.4 Å². The number of rotatable bonds is 0. The molecule has 6 heterocycles. The van der Waals surface area contributed by atoms with Gasteiger partial charge in [-0.2, -0.15) is 0 Å². The first-order valence-electron chi connectivity index (χ1n) is 13.8. The van der Waals surface area contributed by atoms with E-state index in [0.29, 0.717) is 12.8 Å². The fourth-order valence-electron chi connectivity index (χ4n) is 10.9. The summed E-state index contributed by atoms with van der Waals surface area (Å²) in [6.07, 6.45) is 3.82. The highest BCUT2D eigenvalue weighted by Crippen LogP contribution is 2.77. The summed E-state index contributed by atoms with van der Waals surface area (Å²) in [6, 6.07) is 0. The van der Waals surface area contributed by atoms with Gasteiger partial charge in [0.15, 0.2) is 28.4 Å². The van der Waals surface area contributed by atoms with E-state index in [9.17, 15) is 24.3 Å². The second-order valence-corrected chi connectivity index (χ2v) is 13.8. The summed E-state index contributed by atoms with van der Waals surface area (Å²) in [6.45, 7) is 5.27. The normalized spacial score (nSPS) is 64.1. The average molecular weight is 527 g/mol. The van der Waals surface area contributed by atoms with Gasteiger partial charge in [0, 0.05) is 5.92 Å². The molecule has 9 rings (SSSR count). The average Bonchev–Trinajstić information content (AvgIpc) is 3.45. The van der Waals surface area contributed by atoms with Crippen LogP contribution in [-0.4, -0.2) is 75.6 Å². The molecular formula is C28H30O10. The number of Topliss-reactive ketones (excluding diaryl/α,β-unsaturated/α-hetero) is 1. The zero-order valence-corrected chi connectivity index (χ0v) is 21.5. The summed E-state index contributed by atoms with van der Waals surface area (Å²) in [5.74, 6) is -6.56. The molecule has 0 aromatic carbocycles. The van der Waals surface area contributed by atoms with Gasteiger partial charge in [-0.05, 0) is 63.4 Å². The van der Waals surface area contributed by atoms with Crippen molar-refractivity contribution in [2.24, 2.45) is 34.5 Å². The molecule has 6 aliphatic heterocycles. The van der Waals surface area contributed by atoms with Crippen molar-refractivity contribution < 1.29 is 48.0 Å². The number of epoxide rings is 1. The highest BCUT2D eigenvalue weighted by molar-refractivity contribution is 6.00. The van der Waals surface area contributed by atoms with Gasteiger partial charge in [0.2, 0.25) is 5.79 Å². The van der Waals surface area contributed by atoms with E-state index in [2.05, 4.69) is 0 Å². The van der Waals surface area contributed by atoms with Crippen LogP contribution in [0.15, 0.2) is 12.2 Å². The lowest BCUT2D eigenvalue weighted by atomic mass is 9.46. The van der Waals surface area contributed by atoms with Gasteiger partial charge in [-0.25, -0.2) is 4.79 Å². The van der Waals surface area contributed by atoms with E-state index < -0.39 is 80.7 Å². The summed E-state index contributed by atoms with van der Waals surface area (Å²) < 4.78 is 31.5. The number of hydrogen-bond donors (Lipinski definition) is 1. The van der Waals surface area contributed by atoms with Gasteiger partial charge in [0.05, 0.1) is 30.0 Å². The molecule has 1 N–H and O–H groups in total. The van der Waals surface area contributed by atoms with Crippen LogP contribution < -0.4 is 0 Å². The Bertz CT molecular complexity index is 1340. The second kappa shape index (κ2) is 5.82. The molecule has 202 valence electrons. The van der Waals surface area contributed by atoms with Crippen LogP contribution in [0.25, 0.3) is 0 Å². The molecule has 2 saturated carbocycles. The van der Waals surface area contributed by atoms with Crippen molar-refractivity contribution >= 4 is 23.5 Å². The van der Waals surface area contributed by atoms with Gasteiger partial charge in [-0.1, -0.05) is 13.0 Å². The smallest absolute Gasteiger partial charge is 0.342 e. The number of hydrogen-bond acceptors (Lipinski definition) is 10. The zero-order valence-electron chi connectivity index (χ0n) is 21.5. The summed E-state index contributed by atoms with van der Waals surface area (Å²) in [7, 11) is 0. The van der Waals surface area contributed by atoms with E-state index in [1.165, 1.54) is 0 Å². The van der Waals surface area contributed by atoms with E-state index in [1.54, 1.807) is 13.0 Å². The van der Waals surface area contributed by atoms with Gasteiger partial charge in [0.25, 0.3) is 0 Å². The third kappa shape index (κ3) is 1.79. The molecule has 38 heavy (non-hydrogen) atoms. The predicted octanol–water partition coefficient (Wildman–Crippen LogP) is 0.768. The second-order valence-electron chi connectivity index (χ2n) is 13.8. The maximum Gasteiger partial charge on any atom is 0.342 e. The van der Waals surface area contributed by atoms with Crippen molar-refractivity contribution in [1.29, 1.82) is 0 Å². The van der Waals surface area contributed by atoms with Crippen molar-refractivity contribution in [3.8, 4) is 0 Å². The summed E-state index contributed by atoms with van der Waals surface area (Å²) in [4.78, 5) is 55.6. The van der Waals surface area contributed by atoms with Gasteiger partial charge >= 0.3 is 11.9 Å². The standard InChI is InChI=1S/C28H30O10/c1-22-10-17-24(3)28-18(22)19(30)27(38-28,34-11-14(22)20(31)35-17)13-9-16-26(36-16)7-4-5-15(29)23(26,2)12(13)6-8-25(28,33)21(32)37-24/h4-5,12-14,16-18,33H,6-11H2,1-3H3/t12-,13-,14-,16-,17-,18-,22+,23+,24-,25+,26+,27+,28-/m1/s1. The SMILES string of the molecule is C[C@]12C[C@H]3OC(=O)[C@H]1CO[C@@]14O[C@@]5([C@@H]2C1=O)[C@](O)(CC[C@@H]1[C@H]4C[C@H]2O[C@@]24CC=CC(=O)[C@]14C)C(=O)O[C@]35C. The Hall–Kier alpha value is -2.14.